The zero-order valence-corrected chi connectivity index (χ0v) is 38.6. The topological polar surface area (TPSA) is 0 Å². The van der Waals surface area contributed by atoms with Crippen LogP contribution < -0.4 is 0 Å². The van der Waals surface area contributed by atoms with E-state index in [1.54, 1.807) is 33.0 Å². The van der Waals surface area contributed by atoms with E-state index in [1.807, 2.05) is 0 Å². The van der Waals surface area contributed by atoms with Crippen molar-refractivity contribution in [3.8, 4) is 0 Å². The molecule has 0 nitrogen and oxygen atoms in total. The van der Waals surface area contributed by atoms with Crippen LogP contribution in [0.1, 0.15) is 180 Å². The molecule has 8 rings (SSSR count). The molecular formula is C50H70Cl2Zr. The number of hydrogen-bond acceptors (Lipinski definition) is 0. The molecule has 53 heavy (non-hydrogen) atoms. The Hall–Kier alpha value is -0.877. The van der Waals surface area contributed by atoms with Gasteiger partial charge in [0, 0.05) is 0 Å². The van der Waals surface area contributed by atoms with Crippen molar-refractivity contribution < 1.29 is 20.8 Å². The molecule has 4 saturated carbocycles. The molecule has 3 heteroatoms. The molecule has 0 atom stereocenters. The van der Waals surface area contributed by atoms with Gasteiger partial charge in [-0.2, -0.15) is 12.1 Å². The quantitative estimate of drug-likeness (QED) is 0.180. The van der Waals surface area contributed by atoms with E-state index in [0.717, 1.165) is 23.7 Å². The van der Waals surface area contributed by atoms with Crippen LogP contribution >= 0.6 is 17.0 Å². The normalized spacial score (nSPS) is 34.8. The molecule has 0 aliphatic heterocycles. The van der Waals surface area contributed by atoms with Crippen LogP contribution in [-0.2, 0) is 42.5 Å². The standard InChI is InChI=1S/2C25H35.2ClH.Zr/c2*1-18-8-12-24(3,13-9-18)21-16-20-6-5-7-23(22(20)17-21)25(4)14-10-19(2)11-15-25;;;/h2*5-7,16-19H,8-15H2,1-4H3;2*1H;/q2*-1;;;+4/p-2. The van der Waals surface area contributed by atoms with Crippen LogP contribution in [0.2, 0.25) is 0 Å². The molecule has 0 unspecified atom stereocenters. The van der Waals surface area contributed by atoms with Gasteiger partial charge in [0.25, 0.3) is 0 Å². The molecule has 0 aromatic heterocycles. The number of rotatable bonds is 4. The first-order valence-corrected chi connectivity index (χ1v) is 27.9. The second-order valence-corrected chi connectivity index (χ2v) is 23.9. The van der Waals surface area contributed by atoms with Crippen molar-refractivity contribution in [2.75, 3.05) is 0 Å². The van der Waals surface area contributed by atoms with E-state index >= 15 is 0 Å². The molecule has 4 fully saturated rings. The molecule has 4 aromatic rings. The fourth-order valence-electron chi connectivity index (χ4n) is 10.9. The molecule has 0 radical (unpaired) electrons. The van der Waals surface area contributed by atoms with E-state index in [0.29, 0.717) is 21.7 Å². The molecule has 4 aromatic carbocycles. The molecular weight excluding hydrogens is 763 g/mol. The van der Waals surface area contributed by atoms with Gasteiger partial charge >= 0.3 is 37.9 Å². The van der Waals surface area contributed by atoms with E-state index in [2.05, 4.69) is 116 Å². The monoisotopic (exact) mass is 830 g/mol. The van der Waals surface area contributed by atoms with E-state index in [9.17, 15) is 0 Å². The molecule has 0 heterocycles. The van der Waals surface area contributed by atoms with Gasteiger partial charge in [0.2, 0.25) is 0 Å². The Kier molecular flexibility index (Phi) is 13.6. The molecule has 4 aliphatic carbocycles. The maximum absolute atomic E-state index is 4.93. The van der Waals surface area contributed by atoms with Crippen molar-refractivity contribution in [2.45, 2.75) is 180 Å². The SMILES string of the molecule is CC1CCC(C)(c2cc3cccc(C4(C)CCC(C)CC4)c3[cH-]2)CC1.CC1CCC(C)(c2cc3cccc(C4(C)CCC(C)CC4)c3[cH-]2)CC1.[Cl][Zr+2][Cl]. The summed E-state index contributed by atoms with van der Waals surface area (Å²) in [5.74, 6) is 3.64. The van der Waals surface area contributed by atoms with E-state index in [4.69, 9.17) is 17.0 Å². The Morgan fingerprint density at radius 2 is 0.736 bits per heavy atom. The Balaban J connectivity index is 0.000000169. The predicted octanol–water partition coefficient (Wildman–Crippen LogP) is 16.4. The first-order chi connectivity index (χ1) is 25.2. The Bertz CT molecular complexity index is 1630. The maximum atomic E-state index is 4.93. The van der Waals surface area contributed by atoms with Crippen LogP contribution in [0, 0.1) is 23.7 Å². The number of benzene rings is 2. The van der Waals surface area contributed by atoms with E-state index in [1.165, 1.54) is 114 Å². The first-order valence-electron chi connectivity index (χ1n) is 21.6. The average Bonchev–Trinajstić information content (AvgIpc) is 3.80. The van der Waals surface area contributed by atoms with Crippen LogP contribution in [-0.4, -0.2) is 0 Å². The molecule has 0 N–H and O–H groups in total. The van der Waals surface area contributed by atoms with E-state index in [-0.39, 0.29) is 0 Å². The summed E-state index contributed by atoms with van der Waals surface area (Å²) in [6, 6.07) is 24.3. The van der Waals surface area contributed by atoms with Crippen LogP contribution in [0.3, 0.4) is 0 Å². The third-order valence-electron chi connectivity index (χ3n) is 15.7. The second-order valence-electron chi connectivity index (χ2n) is 20.1. The Labute approximate surface area is 343 Å². The summed E-state index contributed by atoms with van der Waals surface area (Å²) in [5, 5.41) is 6.06. The summed E-state index contributed by atoms with van der Waals surface area (Å²) in [6.07, 6.45) is 21.9. The van der Waals surface area contributed by atoms with Gasteiger partial charge in [-0.15, -0.1) is 80.2 Å². The van der Waals surface area contributed by atoms with Crippen molar-refractivity contribution in [2.24, 2.45) is 23.7 Å². The summed E-state index contributed by atoms with van der Waals surface area (Å²) < 4.78 is 0. The fourth-order valence-corrected chi connectivity index (χ4v) is 10.9. The van der Waals surface area contributed by atoms with Crippen molar-refractivity contribution in [1.82, 2.24) is 0 Å². The summed E-state index contributed by atoms with van der Waals surface area (Å²) in [6.45, 7) is 19.7. The average molecular weight is 833 g/mol. The van der Waals surface area contributed by atoms with Gasteiger partial charge in [-0.3, -0.25) is 0 Å². The minimum absolute atomic E-state index is 0.375. The summed E-state index contributed by atoms with van der Waals surface area (Å²) in [4.78, 5) is 0. The minimum atomic E-state index is -0.826. The van der Waals surface area contributed by atoms with Gasteiger partial charge in [0.05, 0.1) is 0 Å². The number of hydrogen-bond donors (Lipinski definition) is 0. The second kappa shape index (κ2) is 17.3. The third-order valence-corrected chi connectivity index (χ3v) is 15.7. The van der Waals surface area contributed by atoms with Gasteiger partial charge < -0.3 is 0 Å². The number of halogens is 2. The van der Waals surface area contributed by atoms with Gasteiger partial charge in [-0.1, -0.05) is 119 Å². The van der Waals surface area contributed by atoms with Crippen LogP contribution in [0.25, 0.3) is 21.5 Å². The van der Waals surface area contributed by atoms with Crippen LogP contribution in [0.15, 0.2) is 60.7 Å². The predicted molar refractivity (Wildman–Crippen MR) is 231 cm³/mol. The molecule has 0 spiro atoms. The van der Waals surface area contributed by atoms with Gasteiger partial charge in [-0.05, 0) is 96.7 Å². The summed E-state index contributed by atoms with van der Waals surface area (Å²) >= 11 is -0.826. The summed E-state index contributed by atoms with van der Waals surface area (Å²) in [5.41, 5.74) is 7.99. The van der Waals surface area contributed by atoms with Crippen molar-refractivity contribution in [1.29, 1.82) is 0 Å². The van der Waals surface area contributed by atoms with Crippen molar-refractivity contribution in [3.63, 3.8) is 0 Å². The molecule has 288 valence electrons. The van der Waals surface area contributed by atoms with Crippen molar-refractivity contribution >= 4 is 38.6 Å². The zero-order valence-electron chi connectivity index (χ0n) is 34.7. The van der Waals surface area contributed by atoms with Crippen LogP contribution in [0.5, 0.6) is 0 Å². The van der Waals surface area contributed by atoms with Crippen molar-refractivity contribution in [3.05, 3.63) is 82.9 Å². The third kappa shape index (κ3) is 9.31. The fraction of sp³-hybridized carbons (Fsp3) is 0.640. The van der Waals surface area contributed by atoms with E-state index < -0.39 is 20.8 Å². The van der Waals surface area contributed by atoms with Crippen LogP contribution in [0.4, 0.5) is 0 Å². The van der Waals surface area contributed by atoms with Gasteiger partial charge in [0.1, 0.15) is 0 Å². The summed E-state index contributed by atoms with van der Waals surface area (Å²) in [7, 11) is 9.87. The van der Waals surface area contributed by atoms with Gasteiger partial charge in [0.15, 0.2) is 0 Å². The number of fused-ring (bicyclic) bond motifs is 2. The molecule has 4 aliphatic rings. The van der Waals surface area contributed by atoms with Gasteiger partial charge in [-0.25, -0.2) is 0 Å². The Morgan fingerprint density at radius 3 is 1.02 bits per heavy atom. The first kappa shape index (κ1) is 41.7. The Morgan fingerprint density at radius 1 is 0.472 bits per heavy atom. The molecule has 0 saturated heterocycles. The molecule has 0 bridgehead atoms. The molecule has 0 amide bonds. The zero-order chi connectivity index (χ0) is 38.0.